The van der Waals surface area contributed by atoms with E-state index in [1.807, 2.05) is 17.9 Å². The molecule has 8 nitrogen and oxygen atoms in total. The normalized spacial score (nSPS) is 15.0. The summed E-state index contributed by atoms with van der Waals surface area (Å²) in [5.41, 5.74) is 7.34. The lowest BCUT2D eigenvalue weighted by atomic mass is 10.0. The van der Waals surface area contributed by atoms with Crippen LogP contribution in [0.15, 0.2) is 21.8 Å². The van der Waals surface area contributed by atoms with Crippen LogP contribution in [-0.4, -0.2) is 45.0 Å². The molecule has 0 atom stereocenters. The van der Waals surface area contributed by atoms with Gasteiger partial charge in [0, 0.05) is 31.3 Å². The van der Waals surface area contributed by atoms with Crippen molar-refractivity contribution in [2.24, 2.45) is 4.99 Å². The summed E-state index contributed by atoms with van der Waals surface area (Å²) in [7, 11) is 0. The minimum absolute atomic E-state index is 0.0300. The molecule has 0 bridgehead atoms. The van der Waals surface area contributed by atoms with E-state index in [0.29, 0.717) is 43.2 Å². The lowest BCUT2D eigenvalue weighted by Crippen LogP contribution is -2.37. The number of nitrogen functional groups attached to an aromatic ring is 1. The van der Waals surface area contributed by atoms with Crippen LogP contribution in [0.4, 0.5) is 5.82 Å². The van der Waals surface area contributed by atoms with E-state index in [9.17, 15) is 9.90 Å². The summed E-state index contributed by atoms with van der Waals surface area (Å²) in [4.78, 5) is 20.7. The Morgan fingerprint density at radius 3 is 3.09 bits per heavy atom. The first kappa shape index (κ1) is 14.2. The molecule has 1 aliphatic heterocycles. The number of carboxylic acids is 1. The van der Waals surface area contributed by atoms with Crippen LogP contribution in [0.1, 0.15) is 34.3 Å². The van der Waals surface area contributed by atoms with Gasteiger partial charge < -0.3 is 25.2 Å². The van der Waals surface area contributed by atoms with Gasteiger partial charge in [-0.3, -0.25) is 4.99 Å². The highest BCUT2D eigenvalue weighted by Crippen LogP contribution is 2.25. The predicted octanol–water partition coefficient (Wildman–Crippen LogP) is 1.11. The lowest BCUT2D eigenvalue weighted by molar-refractivity contribution is 0.0684. The highest BCUT2D eigenvalue weighted by atomic mass is 16.5. The van der Waals surface area contributed by atoms with E-state index in [0.717, 1.165) is 11.4 Å². The molecule has 0 aliphatic carbocycles. The van der Waals surface area contributed by atoms with Crippen LogP contribution in [0.2, 0.25) is 0 Å². The summed E-state index contributed by atoms with van der Waals surface area (Å²) in [5.74, 6) is 0.847. The largest absolute Gasteiger partial charge is 0.476 e. The highest BCUT2D eigenvalue weighted by molar-refractivity contribution is 6.02. The van der Waals surface area contributed by atoms with Crippen LogP contribution in [-0.2, 0) is 13.0 Å². The number of aromatic nitrogens is 2. The van der Waals surface area contributed by atoms with Crippen LogP contribution in [0.25, 0.3) is 0 Å². The SMILES string of the molecule is CCN=C(c1cc[nH]c1N)N1CCc2onc(C(=O)O)c2C1. The number of nitrogens with zero attached hydrogens (tertiary/aromatic N) is 3. The van der Waals surface area contributed by atoms with E-state index in [4.69, 9.17) is 10.3 Å². The molecule has 3 rings (SSSR count). The molecule has 0 fully saturated rings. The van der Waals surface area contributed by atoms with Gasteiger partial charge in [0.2, 0.25) is 0 Å². The van der Waals surface area contributed by atoms with Crippen LogP contribution in [0.3, 0.4) is 0 Å². The average Bonchev–Trinajstić information content (AvgIpc) is 3.10. The van der Waals surface area contributed by atoms with Gasteiger partial charge in [0.25, 0.3) is 0 Å². The molecular weight excluding hydrogens is 286 g/mol. The van der Waals surface area contributed by atoms with Crippen molar-refractivity contribution in [2.45, 2.75) is 19.9 Å². The fourth-order valence-electron chi connectivity index (χ4n) is 2.64. The molecule has 22 heavy (non-hydrogen) atoms. The molecule has 0 unspecified atom stereocenters. The minimum atomic E-state index is -1.08. The maximum absolute atomic E-state index is 11.2. The molecule has 0 radical (unpaired) electrons. The van der Waals surface area contributed by atoms with Crippen molar-refractivity contribution >= 4 is 17.6 Å². The average molecular weight is 303 g/mol. The molecule has 0 spiro atoms. The number of nitrogens with one attached hydrogen (secondary N) is 1. The predicted molar refractivity (Wildman–Crippen MR) is 79.9 cm³/mol. The number of H-pyrrole nitrogens is 1. The zero-order valence-corrected chi connectivity index (χ0v) is 12.2. The molecule has 1 aliphatic rings. The van der Waals surface area contributed by atoms with Crippen molar-refractivity contribution in [3.05, 3.63) is 34.8 Å². The molecule has 2 aromatic heterocycles. The first-order chi connectivity index (χ1) is 10.6. The Morgan fingerprint density at radius 1 is 1.64 bits per heavy atom. The van der Waals surface area contributed by atoms with Gasteiger partial charge in [0.15, 0.2) is 5.69 Å². The third-order valence-corrected chi connectivity index (χ3v) is 3.66. The Morgan fingerprint density at radius 2 is 2.45 bits per heavy atom. The number of hydrogen-bond donors (Lipinski definition) is 3. The Bertz CT molecular complexity index is 731. The first-order valence-electron chi connectivity index (χ1n) is 7.05. The van der Waals surface area contributed by atoms with Crippen LogP contribution < -0.4 is 5.73 Å². The lowest BCUT2D eigenvalue weighted by Gasteiger charge is -2.29. The molecule has 0 amide bonds. The number of aliphatic imine (C=N–C) groups is 1. The van der Waals surface area contributed by atoms with Gasteiger partial charge in [-0.1, -0.05) is 5.16 Å². The minimum Gasteiger partial charge on any atom is -0.476 e. The molecular formula is C14H17N5O3. The molecule has 2 aromatic rings. The van der Waals surface area contributed by atoms with Crippen molar-refractivity contribution < 1.29 is 14.4 Å². The van der Waals surface area contributed by atoms with Crippen LogP contribution >= 0.6 is 0 Å². The van der Waals surface area contributed by atoms with Gasteiger partial charge in [-0.25, -0.2) is 4.79 Å². The summed E-state index contributed by atoms with van der Waals surface area (Å²) in [5, 5.41) is 12.8. The van der Waals surface area contributed by atoms with Crippen molar-refractivity contribution in [3.8, 4) is 0 Å². The summed E-state index contributed by atoms with van der Waals surface area (Å²) >= 11 is 0. The number of rotatable bonds is 3. The van der Waals surface area contributed by atoms with Crippen molar-refractivity contribution in [2.75, 3.05) is 18.8 Å². The monoisotopic (exact) mass is 303 g/mol. The number of fused-ring (bicyclic) bond motifs is 1. The second kappa shape index (κ2) is 5.55. The number of amidine groups is 1. The third kappa shape index (κ3) is 2.32. The van der Waals surface area contributed by atoms with E-state index >= 15 is 0 Å². The molecule has 4 N–H and O–H groups in total. The van der Waals surface area contributed by atoms with Crippen LogP contribution in [0.5, 0.6) is 0 Å². The molecule has 116 valence electrons. The van der Waals surface area contributed by atoms with Gasteiger partial charge in [-0.05, 0) is 13.0 Å². The van der Waals surface area contributed by atoms with Gasteiger partial charge >= 0.3 is 5.97 Å². The van der Waals surface area contributed by atoms with Gasteiger partial charge in [-0.15, -0.1) is 0 Å². The summed E-state index contributed by atoms with van der Waals surface area (Å²) in [6.45, 7) is 3.62. The maximum atomic E-state index is 11.2. The van der Waals surface area contributed by atoms with E-state index in [2.05, 4.69) is 15.1 Å². The summed E-state index contributed by atoms with van der Waals surface area (Å²) in [6.07, 6.45) is 2.34. The number of aromatic carboxylic acids is 1. The Hall–Kier alpha value is -2.77. The maximum Gasteiger partial charge on any atom is 0.358 e. The van der Waals surface area contributed by atoms with Crippen LogP contribution in [0, 0.1) is 0 Å². The molecule has 3 heterocycles. The number of aromatic amines is 1. The van der Waals surface area contributed by atoms with E-state index in [1.54, 1.807) is 6.20 Å². The van der Waals surface area contributed by atoms with E-state index < -0.39 is 5.97 Å². The quantitative estimate of drug-likeness (QED) is 0.577. The molecule has 8 heteroatoms. The van der Waals surface area contributed by atoms with Gasteiger partial charge in [0.1, 0.15) is 17.4 Å². The number of carbonyl (C=O) groups is 1. The molecule has 0 aromatic carbocycles. The molecule has 0 saturated carbocycles. The first-order valence-corrected chi connectivity index (χ1v) is 7.05. The Kier molecular flexibility index (Phi) is 3.58. The number of nitrogens with two attached hydrogens (primary N) is 1. The fraction of sp³-hybridized carbons (Fsp3) is 0.357. The zero-order valence-electron chi connectivity index (χ0n) is 12.2. The number of anilines is 1. The van der Waals surface area contributed by atoms with Crippen molar-refractivity contribution in [3.63, 3.8) is 0 Å². The number of hydrogen-bond acceptors (Lipinski definition) is 5. The van der Waals surface area contributed by atoms with Crippen molar-refractivity contribution in [1.29, 1.82) is 0 Å². The van der Waals surface area contributed by atoms with E-state index in [1.165, 1.54) is 0 Å². The van der Waals surface area contributed by atoms with E-state index in [-0.39, 0.29) is 5.69 Å². The Balaban J connectivity index is 1.95. The standard InChI is InChI=1S/C14H17N5O3/c1-2-16-13(8-3-5-17-12(8)15)19-6-4-10-9(7-19)11(14(20)21)18-22-10/h3,5,17H,2,4,6-7,15H2,1H3,(H,20,21). The highest BCUT2D eigenvalue weighted by Gasteiger charge is 2.29. The Labute approximate surface area is 126 Å². The summed E-state index contributed by atoms with van der Waals surface area (Å²) in [6, 6.07) is 1.87. The van der Waals surface area contributed by atoms with Gasteiger partial charge in [0.05, 0.1) is 12.1 Å². The number of carboxylic acid groups (broad SMARTS) is 1. The van der Waals surface area contributed by atoms with Crippen molar-refractivity contribution in [1.82, 2.24) is 15.0 Å². The van der Waals surface area contributed by atoms with Gasteiger partial charge in [-0.2, -0.15) is 0 Å². The third-order valence-electron chi connectivity index (χ3n) is 3.66. The fourth-order valence-corrected chi connectivity index (χ4v) is 2.64. The molecule has 0 saturated heterocycles. The topological polar surface area (TPSA) is 121 Å². The second-order valence-electron chi connectivity index (χ2n) is 5.01. The zero-order chi connectivity index (χ0) is 15.7. The second-order valence-corrected chi connectivity index (χ2v) is 5.01. The summed E-state index contributed by atoms with van der Waals surface area (Å²) < 4.78 is 5.12. The smallest absolute Gasteiger partial charge is 0.358 e.